The van der Waals surface area contributed by atoms with Crippen LogP contribution in [0.3, 0.4) is 0 Å². The summed E-state index contributed by atoms with van der Waals surface area (Å²) in [5.74, 6) is 0. The Balaban J connectivity index is 2.17. The van der Waals surface area contributed by atoms with Gasteiger partial charge in [-0.1, -0.05) is 6.07 Å². The number of rotatable bonds is 6. The highest BCUT2D eigenvalue weighted by molar-refractivity contribution is 5.46. The van der Waals surface area contributed by atoms with Gasteiger partial charge in [-0.25, -0.2) is 0 Å². The summed E-state index contributed by atoms with van der Waals surface area (Å²) in [7, 11) is 1.93. The number of aromatic nitrogens is 2. The largest absolute Gasteiger partial charge is 0.366 e. The lowest BCUT2D eigenvalue weighted by molar-refractivity contribution is 0.777. The van der Waals surface area contributed by atoms with Gasteiger partial charge in [0, 0.05) is 30.7 Å². The SMILES string of the molecule is CCN(Cc1cccc(C)n1)c1ccnc(CNC)c1. The van der Waals surface area contributed by atoms with Crippen LogP contribution in [0.4, 0.5) is 5.69 Å². The van der Waals surface area contributed by atoms with Crippen LogP contribution in [-0.4, -0.2) is 23.6 Å². The molecular weight excluding hydrogens is 248 g/mol. The van der Waals surface area contributed by atoms with Crippen LogP contribution in [0.5, 0.6) is 0 Å². The van der Waals surface area contributed by atoms with Crippen molar-refractivity contribution in [1.29, 1.82) is 0 Å². The Morgan fingerprint density at radius 1 is 1.20 bits per heavy atom. The molecule has 0 fully saturated rings. The number of hydrogen-bond donors (Lipinski definition) is 1. The third-order valence-corrected chi connectivity index (χ3v) is 3.20. The Kier molecular flexibility index (Phi) is 5.07. The van der Waals surface area contributed by atoms with Crippen molar-refractivity contribution in [2.75, 3.05) is 18.5 Å². The van der Waals surface area contributed by atoms with E-state index in [2.05, 4.69) is 51.4 Å². The highest BCUT2D eigenvalue weighted by Crippen LogP contribution is 2.17. The molecule has 0 atom stereocenters. The number of anilines is 1. The number of pyridine rings is 2. The fourth-order valence-corrected chi connectivity index (χ4v) is 2.21. The van der Waals surface area contributed by atoms with Crippen molar-refractivity contribution in [2.24, 2.45) is 0 Å². The van der Waals surface area contributed by atoms with Crippen molar-refractivity contribution < 1.29 is 0 Å². The molecule has 2 aromatic heterocycles. The third kappa shape index (κ3) is 3.78. The molecule has 0 saturated carbocycles. The maximum Gasteiger partial charge on any atom is 0.0602 e. The quantitative estimate of drug-likeness (QED) is 0.876. The van der Waals surface area contributed by atoms with Crippen LogP contribution in [0.1, 0.15) is 24.0 Å². The van der Waals surface area contributed by atoms with E-state index in [4.69, 9.17) is 0 Å². The Bertz CT molecular complexity index is 554. The van der Waals surface area contributed by atoms with Gasteiger partial charge in [-0.3, -0.25) is 9.97 Å². The van der Waals surface area contributed by atoms with E-state index >= 15 is 0 Å². The average Bonchev–Trinajstić information content (AvgIpc) is 2.45. The van der Waals surface area contributed by atoms with E-state index in [-0.39, 0.29) is 0 Å². The first-order valence-electron chi connectivity index (χ1n) is 7.00. The van der Waals surface area contributed by atoms with E-state index < -0.39 is 0 Å². The van der Waals surface area contributed by atoms with Crippen LogP contribution in [0.2, 0.25) is 0 Å². The Morgan fingerprint density at radius 2 is 2.05 bits per heavy atom. The number of hydrogen-bond acceptors (Lipinski definition) is 4. The van der Waals surface area contributed by atoms with Crippen molar-refractivity contribution in [3.05, 3.63) is 53.6 Å². The van der Waals surface area contributed by atoms with Gasteiger partial charge in [0.2, 0.25) is 0 Å². The van der Waals surface area contributed by atoms with Gasteiger partial charge in [0.05, 0.1) is 17.9 Å². The zero-order chi connectivity index (χ0) is 14.4. The van der Waals surface area contributed by atoms with Crippen LogP contribution in [0, 0.1) is 6.92 Å². The van der Waals surface area contributed by atoms with Crippen LogP contribution in [0.15, 0.2) is 36.5 Å². The Labute approximate surface area is 120 Å². The standard InChI is InChI=1S/C16H22N4/c1-4-20(12-14-7-5-6-13(2)19-14)16-8-9-18-15(10-16)11-17-3/h5-10,17H,4,11-12H2,1-3H3. The van der Waals surface area contributed by atoms with Crippen molar-refractivity contribution in [2.45, 2.75) is 26.9 Å². The van der Waals surface area contributed by atoms with E-state index in [0.717, 1.165) is 36.7 Å². The second-order valence-electron chi connectivity index (χ2n) is 4.82. The molecule has 0 aliphatic carbocycles. The lowest BCUT2D eigenvalue weighted by Gasteiger charge is -2.23. The van der Waals surface area contributed by atoms with Gasteiger partial charge in [-0.15, -0.1) is 0 Å². The number of nitrogens with zero attached hydrogens (tertiary/aromatic N) is 3. The molecule has 4 nitrogen and oxygen atoms in total. The molecular formula is C16H22N4. The minimum atomic E-state index is 0.786. The minimum Gasteiger partial charge on any atom is -0.366 e. The molecule has 0 aliphatic rings. The molecule has 2 aromatic rings. The molecule has 0 amide bonds. The van der Waals surface area contributed by atoms with E-state index in [1.54, 1.807) is 0 Å². The summed E-state index contributed by atoms with van der Waals surface area (Å²) in [6, 6.07) is 10.3. The summed E-state index contributed by atoms with van der Waals surface area (Å²) in [5, 5.41) is 3.13. The van der Waals surface area contributed by atoms with Crippen LogP contribution >= 0.6 is 0 Å². The molecule has 0 saturated heterocycles. The highest BCUT2D eigenvalue weighted by atomic mass is 15.1. The van der Waals surface area contributed by atoms with Gasteiger partial charge in [-0.2, -0.15) is 0 Å². The van der Waals surface area contributed by atoms with Crippen molar-refractivity contribution in [3.8, 4) is 0 Å². The van der Waals surface area contributed by atoms with E-state index in [0.29, 0.717) is 0 Å². The van der Waals surface area contributed by atoms with Gasteiger partial charge in [0.15, 0.2) is 0 Å². The van der Waals surface area contributed by atoms with Crippen LogP contribution < -0.4 is 10.2 Å². The van der Waals surface area contributed by atoms with E-state index in [9.17, 15) is 0 Å². The second-order valence-corrected chi connectivity index (χ2v) is 4.82. The van der Waals surface area contributed by atoms with Gasteiger partial charge < -0.3 is 10.2 Å². The third-order valence-electron chi connectivity index (χ3n) is 3.20. The van der Waals surface area contributed by atoms with Crippen molar-refractivity contribution >= 4 is 5.69 Å². The van der Waals surface area contributed by atoms with Crippen LogP contribution in [0.25, 0.3) is 0 Å². The molecule has 0 bridgehead atoms. The molecule has 0 aliphatic heterocycles. The first-order chi connectivity index (χ1) is 9.72. The summed E-state index contributed by atoms with van der Waals surface area (Å²) in [6.45, 7) is 6.74. The fraction of sp³-hybridized carbons (Fsp3) is 0.375. The predicted molar refractivity (Wildman–Crippen MR) is 82.7 cm³/mol. The molecule has 0 aromatic carbocycles. The highest BCUT2D eigenvalue weighted by Gasteiger charge is 2.07. The monoisotopic (exact) mass is 270 g/mol. The average molecular weight is 270 g/mol. The first-order valence-corrected chi connectivity index (χ1v) is 7.00. The van der Waals surface area contributed by atoms with Gasteiger partial charge >= 0.3 is 0 Å². The lowest BCUT2D eigenvalue weighted by Crippen LogP contribution is -2.23. The summed E-state index contributed by atoms with van der Waals surface area (Å²) in [5.41, 5.74) is 4.40. The molecule has 2 rings (SSSR count). The lowest BCUT2D eigenvalue weighted by atomic mass is 10.2. The molecule has 0 unspecified atom stereocenters. The fourth-order valence-electron chi connectivity index (χ4n) is 2.21. The maximum absolute atomic E-state index is 4.58. The summed E-state index contributed by atoms with van der Waals surface area (Å²) >= 11 is 0. The van der Waals surface area contributed by atoms with Gasteiger partial charge in [0.25, 0.3) is 0 Å². The summed E-state index contributed by atoms with van der Waals surface area (Å²) in [4.78, 5) is 11.2. The van der Waals surface area contributed by atoms with E-state index in [1.165, 1.54) is 5.69 Å². The van der Waals surface area contributed by atoms with Gasteiger partial charge in [-0.05, 0) is 45.2 Å². The summed E-state index contributed by atoms with van der Waals surface area (Å²) < 4.78 is 0. The van der Waals surface area contributed by atoms with Gasteiger partial charge in [0.1, 0.15) is 0 Å². The molecule has 1 N–H and O–H groups in total. The Morgan fingerprint density at radius 3 is 2.75 bits per heavy atom. The molecule has 2 heterocycles. The molecule has 0 spiro atoms. The predicted octanol–water partition coefficient (Wildman–Crippen LogP) is 2.53. The topological polar surface area (TPSA) is 41.1 Å². The van der Waals surface area contributed by atoms with Crippen LogP contribution in [-0.2, 0) is 13.1 Å². The molecule has 20 heavy (non-hydrogen) atoms. The minimum absolute atomic E-state index is 0.786. The normalized spacial score (nSPS) is 10.6. The van der Waals surface area contributed by atoms with Crippen molar-refractivity contribution in [3.63, 3.8) is 0 Å². The Hall–Kier alpha value is -1.94. The molecule has 106 valence electrons. The van der Waals surface area contributed by atoms with Crippen molar-refractivity contribution in [1.82, 2.24) is 15.3 Å². The molecule has 4 heteroatoms. The van der Waals surface area contributed by atoms with E-state index in [1.807, 2.05) is 26.2 Å². The summed E-state index contributed by atoms with van der Waals surface area (Å²) in [6.07, 6.45) is 1.87. The second kappa shape index (κ2) is 7.01. The maximum atomic E-state index is 4.58. The zero-order valence-electron chi connectivity index (χ0n) is 12.4. The first kappa shape index (κ1) is 14.5. The zero-order valence-corrected chi connectivity index (χ0v) is 12.4. The smallest absolute Gasteiger partial charge is 0.0602 e. The number of nitrogens with one attached hydrogen (secondary N) is 1. The number of aryl methyl sites for hydroxylation is 1. The molecule has 0 radical (unpaired) electrons.